The summed E-state index contributed by atoms with van der Waals surface area (Å²) < 4.78 is 79.9. The molecule has 35 heavy (non-hydrogen) atoms. The van der Waals surface area contributed by atoms with Crippen LogP contribution in [0.3, 0.4) is 0 Å². The standard InChI is InChI=1S/C24H17F6N3OS/c1-13-9-19(14(2)33(13)18-8-4-7-17(11-18)24(28,29)30)20-12-35-22(31-20)32-21(34)15-5-3-6-16(10-15)23(25,26)27/h3-12H,1-2H3,(H,31,32,34). The number of nitrogens with one attached hydrogen (secondary N) is 1. The molecule has 0 radical (unpaired) electrons. The summed E-state index contributed by atoms with van der Waals surface area (Å²) in [5, 5.41) is 4.32. The molecule has 0 atom stereocenters. The Morgan fingerprint density at radius 2 is 1.54 bits per heavy atom. The highest BCUT2D eigenvalue weighted by Gasteiger charge is 2.32. The van der Waals surface area contributed by atoms with E-state index in [0.29, 0.717) is 28.3 Å². The number of benzene rings is 2. The first kappa shape index (κ1) is 24.5. The van der Waals surface area contributed by atoms with Crippen molar-refractivity contribution >= 4 is 22.4 Å². The van der Waals surface area contributed by atoms with Crippen molar-refractivity contribution in [2.45, 2.75) is 26.2 Å². The average Bonchev–Trinajstić information content (AvgIpc) is 3.36. The Balaban J connectivity index is 1.60. The van der Waals surface area contributed by atoms with E-state index < -0.39 is 29.4 Å². The molecule has 1 N–H and O–H groups in total. The smallest absolute Gasteiger partial charge is 0.318 e. The van der Waals surface area contributed by atoms with E-state index in [-0.39, 0.29) is 10.7 Å². The molecule has 0 aliphatic rings. The van der Waals surface area contributed by atoms with Gasteiger partial charge in [-0.15, -0.1) is 11.3 Å². The van der Waals surface area contributed by atoms with Gasteiger partial charge in [0.25, 0.3) is 5.91 Å². The van der Waals surface area contributed by atoms with E-state index in [9.17, 15) is 31.1 Å². The molecule has 11 heteroatoms. The van der Waals surface area contributed by atoms with Gasteiger partial charge in [0.05, 0.1) is 16.8 Å². The molecule has 0 spiro atoms. The Bertz CT molecular complexity index is 1400. The molecule has 0 aliphatic carbocycles. The van der Waals surface area contributed by atoms with Gasteiger partial charge in [0.1, 0.15) is 0 Å². The van der Waals surface area contributed by atoms with Gasteiger partial charge in [-0.3, -0.25) is 10.1 Å². The Labute approximate surface area is 199 Å². The summed E-state index contributed by atoms with van der Waals surface area (Å²) in [6, 6.07) is 10.8. The van der Waals surface area contributed by atoms with E-state index in [1.165, 1.54) is 12.1 Å². The van der Waals surface area contributed by atoms with Crippen LogP contribution < -0.4 is 5.32 Å². The van der Waals surface area contributed by atoms with Crippen molar-refractivity contribution in [2.75, 3.05) is 5.32 Å². The quantitative estimate of drug-likeness (QED) is 0.290. The third-order valence-corrected chi connectivity index (χ3v) is 6.07. The average molecular weight is 509 g/mol. The number of anilines is 1. The number of carbonyl (C=O) groups excluding carboxylic acids is 1. The number of hydrogen-bond donors (Lipinski definition) is 1. The number of thiazole rings is 1. The first-order valence-corrected chi connectivity index (χ1v) is 11.0. The summed E-state index contributed by atoms with van der Waals surface area (Å²) in [6.45, 7) is 3.49. The van der Waals surface area contributed by atoms with Crippen LogP contribution >= 0.6 is 11.3 Å². The molecule has 0 fully saturated rings. The third-order valence-electron chi connectivity index (χ3n) is 5.32. The third kappa shape index (κ3) is 5.09. The van der Waals surface area contributed by atoms with E-state index >= 15 is 0 Å². The van der Waals surface area contributed by atoms with Gasteiger partial charge >= 0.3 is 12.4 Å². The molecule has 4 nitrogen and oxygen atoms in total. The predicted octanol–water partition coefficient (Wildman–Crippen LogP) is 7.51. The van der Waals surface area contributed by atoms with Crippen LogP contribution in [0.25, 0.3) is 16.9 Å². The second kappa shape index (κ2) is 8.88. The Hall–Kier alpha value is -3.60. The monoisotopic (exact) mass is 509 g/mol. The highest BCUT2D eigenvalue weighted by molar-refractivity contribution is 7.14. The molecular weight excluding hydrogens is 492 g/mol. The number of amides is 1. The number of halogens is 6. The number of nitrogens with zero attached hydrogens (tertiary/aromatic N) is 2. The lowest BCUT2D eigenvalue weighted by molar-refractivity contribution is -0.138. The minimum Gasteiger partial charge on any atom is -0.318 e. The van der Waals surface area contributed by atoms with Crippen molar-refractivity contribution in [2.24, 2.45) is 0 Å². The van der Waals surface area contributed by atoms with E-state index in [1.54, 1.807) is 35.9 Å². The normalized spacial score (nSPS) is 12.1. The molecule has 2 heterocycles. The van der Waals surface area contributed by atoms with Gasteiger partial charge in [0.2, 0.25) is 0 Å². The molecule has 0 bridgehead atoms. The van der Waals surface area contributed by atoms with Crippen molar-refractivity contribution in [1.82, 2.24) is 9.55 Å². The SMILES string of the molecule is Cc1cc(-c2csc(NC(=O)c3cccc(C(F)(F)F)c3)n2)c(C)n1-c1cccc(C(F)(F)F)c1. The molecule has 0 saturated carbocycles. The fourth-order valence-corrected chi connectivity index (χ4v) is 4.41. The molecule has 2 aromatic heterocycles. The van der Waals surface area contributed by atoms with Gasteiger partial charge in [-0.25, -0.2) is 4.98 Å². The number of alkyl halides is 6. The van der Waals surface area contributed by atoms with Crippen LogP contribution in [0.4, 0.5) is 31.5 Å². The fraction of sp³-hybridized carbons (Fsp3) is 0.167. The minimum absolute atomic E-state index is 0.167. The van der Waals surface area contributed by atoms with Crippen molar-refractivity contribution in [1.29, 1.82) is 0 Å². The van der Waals surface area contributed by atoms with Crippen LogP contribution in [0.15, 0.2) is 60.0 Å². The highest BCUT2D eigenvalue weighted by Crippen LogP contribution is 2.35. The number of aryl methyl sites for hydroxylation is 1. The summed E-state index contributed by atoms with van der Waals surface area (Å²) in [4.78, 5) is 16.8. The number of hydrogen-bond acceptors (Lipinski definition) is 3. The molecule has 4 aromatic rings. The summed E-state index contributed by atoms with van der Waals surface area (Å²) in [7, 11) is 0. The van der Waals surface area contributed by atoms with E-state index in [1.807, 2.05) is 0 Å². The second-order valence-electron chi connectivity index (χ2n) is 7.74. The van der Waals surface area contributed by atoms with Crippen LogP contribution in [0, 0.1) is 13.8 Å². The lowest BCUT2D eigenvalue weighted by Crippen LogP contribution is -2.13. The van der Waals surface area contributed by atoms with Gasteiger partial charge in [-0.05, 0) is 56.3 Å². The van der Waals surface area contributed by atoms with Crippen LogP contribution in [0.2, 0.25) is 0 Å². The Morgan fingerprint density at radius 3 is 2.20 bits per heavy atom. The maximum Gasteiger partial charge on any atom is 0.416 e. The van der Waals surface area contributed by atoms with E-state index in [2.05, 4.69) is 10.3 Å². The topological polar surface area (TPSA) is 46.9 Å². The molecule has 0 saturated heterocycles. The van der Waals surface area contributed by atoms with Gasteiger partial charge in [-0.1, -0.05) is 12.1 Å². The number of carbonyl (C=O) groups is 1. The molecular formula is C24H17F6N3OS. The largest absolute Gasteiger partial charge is 0.416 e. The first-order valence-electron chi connectivity index (χ1n) is 10.2. The Kier molecular flexibility index (Phi) is 6.22. The summed E-state index contributed by atoms with van der Waals surface area (Å²) in [5.74, 6) is -0.744. The van der Waals surface area contributed by atoms with Crippen LogP contribution in [-0.4, -0.2) is 15.5 Å². The van der Waals surface area contributed by atoms with Gasteiger partial charge < -0.3 is 4.57 Å². The van der Waals surface area contributed by atoms with E-state index in [4.69, 9.17) is 0 Å². The minimum atomic E-state index is -4.58. The zero-order valence-electron chi connectivity index (χ0n) is 18.3. The predicted molar refractivity (Wildman–Crippen MR) is 121 cm³/mol. The first-order chi connectivity index (χ1) is 16.3. The molecule has 0 unspecified atom stereocenters. The van der Waals surface area contributed by atoms with Gasteiger partial charge in [0.15, 0.2) is 5.13 Å². The lowest BCUT2D eigenvalue weighted by Gasteiger charge is -2.13. The van der Waals surface area contributed by atoms with Crippen molar-refractivity contribution in [3.8, 4) is 16.9 Å². The summed E-state index contributed by atoms with van der Waals surface area (Å²) in [6.07, 6.45) is -9.05. The van der Waals surface area contributed by atoms with Crippen molar-refractivity contribution < 1.29 is 31.1 Å². The molecule has 0 aliphatic heterocycles. The van der Waals surface area contributed by atoms with Crippen molar-refractivity contribution in [3.05, 3.63) is 88.1 Å². The number of rotatable bonds is 4. The molecule has 4 rings (SSSR count). The maximum atomic E-state index is 13.2. The van der Waals surface area contributed by atoms with Crippen molar-refractivity contribution in [3.63, 3.8) is 0 Å². The molecule has 1 amide bonds. The summed E-state index contributed by atoms with van der Waals surface area (Å²) >= 11 is 1.08. The van der Waals surface area contributed by atoms with E-state index in [0.717, 1.165) is 41.7 Å². The lowest BCUT2D eigenvalue weighted by atomic mass is 10.1. The van der Waals surface area contributed by atoms with Gasteiger partial charge in [0, 0.05) is 33.6 Å². The maximum absolute atomic E-state index is 13.2. The zero-order chi connectivity index (χ0) is 25.5. The van der Waals surface area contributed by atoms with Crippen LogP contribution in [0.1, 0.15) is 32.9 Å². The second-order valence-corrected chi connectivity index (χ2v) is 8.60. The van der Waals surface area contributed by atoms with Gasteiger partial charge in [-0.2, -0.15) is 26.3 Å². The molecule has 182 valence electrons. The number of aromatic nitrogens is 2. The van der Waals surface area contributed by atoms with Crippen LogP contribution in [-0.2, 0) is 12.4 Å². The summed E-state index contributed by atoms with van der Waals surface area (Å²) in [5.41, 5.74) is 0.914. The molecule has 2 aromatic carbocycles. The zero-order valence-corrected chi connectivity index (χ0v) is 19.1. The Morgan fingerprint density at radius 1 is 0.914 bits per heavy atom. The highest BCUT2D eigenvalue weighted by atomic mass is 32.1. The van der Waals surface area contributed by atoms with Crippen LogP contribution in [0.5, 0.6) is 0 Å². The fourth-order valence-electron chi connectivity index (χ4n) is 3.70.